The topological polar surface area (TPSA) is 86.7 Å². The molecule has 1 heterocycles. The molecular formula is C10H11NaO5S. The minimum atomic E-state index is -4.86. The Kier molecular flexibility index (Phi) is 4.28. The van der Waals surface area contributed by atoms with E-state index in [0.717, 1.165) is 0 Å². The molecule has 1 N–H and O–H groups in total. The van der Waals surface area contributed by atoms with Crippen LogP contribution in [0.4, 0.5) is 0 Å². The van der Waals surface area contributed by atoms with Crippen molar-refractivity contribution in [2.75, 3.05) is 6.61 Å². The molecule has 2 atom stereocenters. The summed E-state index contributed by atoms with van der Waals surface area (Å²) in [5, 5.41) is 10.1. The predicted molar refractivity (Wildman–Crippen MR) is 54.7 cm³/mol. The molecule has 1 aromatic carbocycles. The van der Waals surface area contributed by atoms with Crippen molar-refractivity contribution in [2.45, 2.75) is 11.9 Å². The third-order valence-corrected chi connectivity index (χ3v) is 4.20. The maximum atomic E-state index is 11.2. The van der Waals surface area contributed by atoms with Crippen LogP contribution in [-0.2, 0) is 15.1 Å². The van der Waals surface area contributed by atoms with Gasteiger partial charge in [0.05, 0.1) is 6.61 Å². The Morgan fingerprint density at radius 2 is 2.06 bits per heavy atom. The van der Waals surface area contributed by atoms with Gasteiger partial charge < -0.3 is 14.4 Å². The summed E-state index contributed by atoms with van der Waals surface area (Å²) >= 11 is 0. The van der Waals surface area contributed by atoms with Crippen molar-refractivity contribution in [3.8, 4) is 5.75 Å². The third-order valence-electron chi connectivity index (χ3n) is 2.81. The van der Waals surface area contributed by atoms with Crippen LogP contribution in [0.1, 0.15) is 12.5 Å². The van der Waals surface area contributed by atoms with E-state index in [-0.39, 0.29) is 47.5 Å². The van der Waals surface area contributed by atoms with Gasteiger partial charge in [-0.3, -0.25) is 0 Å². The predicted octanol–water partition coefficient (Wildman–Crippen LogP) is -2.59. The molecule has 0 saturated carbocycles. The number of benzene rings is 1. The van der Waals surface area contributed by atoms with Gasteiger partial charge >= 0.3 is 29.6 Å². The fraction of sp³-hybridized carbons (Fsp3) is 0.400. The monoisotopic (exact) mass is 266 g/mol. The average Bonchev–Trinajstić information content (AvgIpc) is 2.22. The van der Waals surface area contributed by atoms with Gasteiger partial charge in [-0.05, 0) is 6.07 Å². The second-order valence-corrected chi connectivity index (χ2v) is 5.39. The van der Waals surface area contributed by atoms with E-state index in [9.17, 15) is 18.1 Å². The molecule has 0 amide bonds. The van der Waals surface area contributed by atoms with Crippen molar-refractivity contribution >= 4 is 10.1 Å². The summed E-state index contributed by atoms with van der Waals surface area (Å²) in [6.07, 6.45) is 0. The molecule has 7 heteroatoms. The zero-order valence-corrected chi connectivity index (χ0v) is 12.4. The summed E-state index contributed by atoms with van der Waals surface area (Å²) in [6, 6.07) is 6.11. The molecule has 0 fully saturated rings. The van der Waals surface area contributed by atoms with Gasteiger partial charge in [0, 0.05) is 11.5 Å². The van der Waals surface area contributed by atoms with E-state index in [2.05, 4.69) is 0 Å². The van der Waals surface area contributed by atoms with Crippen LogP contribution in [0.3, 0.4) is 0 Å². The minimum absolute atomic E-state index is 0. The molecule has 17 heavy (non-hydrogen) atoms. The van der Waals surface area contributed by atoms with Crippen LogP contribution in [0.2, 0.25) is 0 Å². The molecule has 1 aliphatic rings. The van der Waals surface area contributed by atoms with Gasteiger partial charge in [0.15, 0.2) is 4.93 Å². The number of rotatable bonds is 1. The number of fused-ring (bicyclic) bond motifs is 1. The van der Waals surface area contributed by atoms with Crippen molar-refractivity contribution < 1.29 is 52.4 Å². The smallest absolute Gasteiger partial charge is 0.745 e. The second-order valence-electron chi connectivity index (χ2n) is 3.86. The number of aliphatic hydroxyl groups is 1. The van der Waals surface area contributed by atoms with Crippen molar-refractivity contribution in [3.05, 3.63) is 29.8 Å². The summed E-state index contributed by atoms with van der Waals surface area (Å²) in [6.45, 7) is 1.46. The Bertz CT molecular complexity index is 515. The first-order valence-corrected chi connectivity index (χ1v) is 6.18. The van der Waals surface area contributed by atoms with E-state index in [1.807, 2.05) is 0 Å². The SMILES string of the molecule is CC1COc2ccccc2C1(O)S(=O)(=O)[O-].[Na+]. The summed E-state index contributed by atoms with van der Waals surface area (Å²) < 4.78 is 38.9. The molecule has 88 valence electrons. The Labute approximate surface area is 122 Å². The van der Waals surface area contributed by atoms with Crippen LogP contribution in [-0.4, -0.2) is 24.7 Å². The Morgan fingerprint density at radius 3 is 2.65 bits per heavy atom. The van der Waals surface area contributed by atoms with Gasteiger partial charge in [-0.25, -0.2) is 8.42 Å². The van der Waals surface area contributed by atoms with E-state index in [1.54, 1.807) is 12.1 Å². The summed E-state index contributed by atoms with van der Waals surface area (Å²) in [4.78, 5) is -2.40. The molecule has 0 radical (unpaired) electrons. The molecular weight excluding hydrogens is 255 g/mol. The first-order chi connectivity index (χ1) is 7.37. The molecule has 2 rings (SSSR count). The van der Waals surface area contributed by atoms with Crippen molar-refractivity contribution in [3.63, 3.8) is 0 Å². The Balaban J connectivity index is 0.00000144. The number of hydrogen-bond donors (Lipinski definition) is 1. The Hall–Kier alpha value is -0.110. The maximum absolute atomic E-state index is 11.2. The van der Waals surface area contributed by atoms with Gasteiger partial charge in [0.25, 0.3) is 0 Å². The largest absolute Gasteiger partial charge is 1.00 e. The molecule has 0 bridgehead atoms. The van der Waals surface area contributed by atoms with Crippen LogP contribution in [0.5, 0.6) is 5.75 Å². The first-order valence-electron chi connectivity index (χ1n) is 4.77. The van der Waals surface area contributed by atoms with Gasteiger partial charge in [0.2, 0.25) is 0 Å². The molecule has 0 aliphatic carbocycles. The second kappa shape index (κ2) is 4.87. The molecule has 0 aromatic heterocycles. The third kappa shape index (κ3) is 2.25. The molecule has 1 aliphatic heterocycles. The standard InChI is InChI=1S/C10H12O5S.Na/c1-7-6-15-9-5-3-2-4-8(9)10(7,11)16(12,13)14;/h2-5,7,11H,6H2,1H3,(H,12,13,14);/q;+1/p-1. The van der Waals surface area contributed by atoms with Crippen molar-refractivity contribution in [1.82, 2.24) is 0 Å². The average molecular weight is 266 g/mol. The number of para-hydroxylation sites is 1. The molecule has 0 spiro atoms. The van der Waals surface area contributed by atoms with E-state index >= 15 is 0 Å². The molecule has 1 aromatic rings. The van der Waals surface area contributed by atoms with Crippen LogP contribution in [0.15, 0.2) is 24.3 Å². The normalized spacial score (nSPS) is 27.6. The van der Waals surface area contributed by atoms with E-state index < -0.39 is 21.0 Å². The van der Waals surface area contributed by atoms with Gasteiger partial charge in [-0.1, -0.05) is 25.1 Å². The number of ether oxygens (including phenoxy) is 1. The quantitative estimate of drug-likeness (QED) is 0.445. The summed E-state index contributed by atoms with van der Waals surface area (Å²) in [5.41, 5.74) is 0.0174. The van der Waals surface area contributed by atoms with Gasteiger partial charge in [-0.15, -0.1) is 0 Å². The summed E-state index contributed by atoms with van der Waals surface area (Å²) in [7, 11) is -4.86. The minimum Gasteiger partial charge on any atom is -0.745 e. The van der Waals surface area contributed by atoms with Crippen molar-refractivity contribution in [1.29, 1.82) is 0 Å². The van der Waals surface area contributed by atoms with Crippen LogP contribution < -0.4 is 34.3 Å². The first kappa shape index (κ1) is 14.9. The van der Waals surface area contributed by atoms with Crippen LogP contribution in [0, 0.1) is 5.92 Å². The molecule has 2 unspecified atom stereocenters. The fourth-order valence-corrected chi connectivity index (χ4v) is 2.86. The van der Waals surface area contributed by atoms with Gasteiger partial charge in [-0.2, -0.15) is 0 Å². The van der Waals surface area contributed by atoms with E-state index in [1.165, 1.54) is 19.1 Å². The van der Waals surface area contributed by atoms with E-state index in [4.69, 9.17) is 4.74 Å². The Morgan fingerprint density at radius 1 is 1.47 bits per heavy atom. The van der Waals surface area contributed by atoms with Gasteiger partial charge in [0.1, 0.15) is 15.9 Å². The van der Waals surface area contributed by atoms with Crippen LogP contribution in [0.25, 0.3) is 0 Å². The zero-order valence-electron chi connectivity index (χ0n) is 9.58. The van der Waals surface area contributed by atoms with Crippen LogP contribution >= 0.6 is 0 Å². The molecule has 0 saturated heterocycles. The summed E-state index contributed by atoms with van der Waals surface area (Å²) in [5.74, 6) is -0.563. The zero-order chi connectivity index (χ0) is 12.0. The van der Waals surface area contributed by atoms with E-state index in [0.29, 0.717) is 0 Å². The maximum Gasteiger partial charge on any atom is 1.00 e. The fourth-order valence-electron chi connectivity index (χ4n) is 1.86. The molecule has 5 nitrogen and oxygen atoms in total. The number of hydrogen-bond acceptors (Lipinski definition) is 5. The van der Waals surface area contributed by atoms with Crippen molar-refractivity contribution in [2.24, 2.45) is 5.92 Å².